The summed E-state index contributed by atoms with van der Waals surface area (Å²) in [4.78, 5) is 4.77. The van der Waals surface area contributed by atoms with Crippen LogP contribution in [0.1, 0.15) is 0 Å². The van der Waals surface area contributed by atoms with Gasteiger partial charge in [-0.3, -0.25) is 0 Å². The second-order valence-electron chi connectivity index (χ2n) is 5.16. The zero-order valence-electron chi connectivity index (χ0n) is 11.8. The number of anilines is 2. The molecule has 0 saturated carbocycles. The summed E-state index contributed by atoms with van der Waals surface area (Å²) in [5, 5.41) is 7.54. The predicted octanol–water partition coefficient (Wildman–Crippen LogP) is 5.79. The van der Waals surface area contributed by atoms with Crippen LogP contribution in [-0.2, 0) is 0 Å². The monoisotopic (exact) mass is 304 g/mol. The summed E-state index contributed by atoms with van der Waals surface area (Å²) in [7, 11) is 0. The molecule has 0 bridgehead atoms. The largest absolute Gasteiger partial charge is 0.340 e. The maximum absolute atomic E-state index is 6.06. The molecule has 2 nitrogen and oxygen atoms in total. The molecule has 1 aromatic heterocycles. The van der Waals surface area contributed by atoms with Crippen LogP contribution < -0.4 is 5.32 Å². The molecule has 0 aliphatic heterocycles. The minimum absolute atomic E-state index is 0.704. The third-order valence-corrected chi connectivity index (χ3v) is 3.93. The lowest BCUT2D eigenvalue weighted by atomic mass is 10.1. The van der Waals surface area contributed by atoms with Gasteiger partial charge in [-0.1, -0.05) is 60.1 Å². The fourth-order valence-electron chi connectivity index (χ4n) is 2.70. The number of hydrogen-bond donors (Lipinski definition) is 1. The zero-order valence-corrected chi connectivity index (χ0v) is 12.5. The van der Waals surface area contributed by atoms with Gasteiger partial charge in [-0.05, 0) is 29.7 Å². The molecule has 0 atom stereocenters. The molecule has 0 fully saturated rings. The van der Waals surface area contributed by atoms with Gasteiger partial charge in [0.15, 0.2) is 0 Å². The van der Waals surface area contributed by atoms with Crippen LogP contribution in [0.3, 0.4) is 0 Å². The van der Waals surface area contributed by atoms with E-state index in [1.165, 1.54) is 5.39 Å². The minimum Gasteiger partial charge on any atom is -0.340 e. The number of fused-ring (bicyclic) bond motifs is 3. The van der Waals surface area contributed by atoms with E-state index in [0.717, 1.165) is 27.8 Å². The molecule has 0 aliphatic carbocycles. The Labute approximate surface area is 133 Å². The van der Waals surface area contributed by atoms with Gasteiger partial charge in [-0.25, -0.2) is 4.98 Å². The molecular formula is C19H13ClN2. The smallest absolute Gasteiger partial charge is 0.138 e. The second kappa shape index (κ2) is 5.32. The first-order valence-corrected chi connectivity index (χ1v) is 7.49. The molecular weight excluding hydrogens is 292 g/mol. The van der Waals surface area contributed by atoms with Gasteiger partial charge in [0, 0.05) is 21.5 Å². The fourth-order valence-corrected chi connectivity index (χ4v) is 2.89. The Balaban J connectivity index is 1.95. The van der Waals surface area contributed by atoms with Gasteiger partial charge >= 0.3 is 0 Å². The average molecular weight is 305 g/mol. The first-order valence-electron chi connectivity index (χ1n) is 7.11. The average Bonchev–Trinajstić information content (AvgIpc) is 2.55. The van der Waals surface area contributed by atoms with E-state index in [-0.39, 0.29) is 0 Å². The van der Waals surface area contributed by atoms with E-state index < -0.39 is 0 Å². The van der Waals surface area contributed by atoms with Crippen molar-refractivity contribution < 1.29 is 0 Å². The Morgan fingerprint density at radius 1 is 0.727 bits per heavy atom. The number of nitrogens with one attached hydrogen (secondary N) is 1. The molecule has 1 heterocycles. The van der Waals surface area contributed by atoms with Crippen molar-refractivity contribution in [2.24, 2.45) is 0 Å². The molecule has 4 aromatic rings. The maximum atomic E-state index is 6.06. The van der Waals surface area contributed by atoms with Gasteiger partial charge in [0.2, 0.25) is 0 Å². The number of hydrogen-bond acceptors (Lipinski definition) is 2. The Morgan fingerprint density at radius 2 is 1.45 bits per heavy atom. The fraction of sp³-hybridized carbons (Fsp3) is 0. The summed E-state index contributed by atoms with van der Waals surface area (Å²) in [5.41, 5.74) is 1.91. The Bertz CT molecular complexity index is 979. The van der Waals surface area contributed by atoms with Gasteiger partial charge < -0.3 is 5.32 Å². The topological polar surface area (TPSA) is 24.9 Å². The second-order valence-corrected chi connectivity index (χ2v) is 5.59. The van der Waals surface area contributed by atoms with Crippen molar-refractivity contribution in [2.75, 3.05) is 5.32 Å². The molecule has 0 amide bonds. The summed E-state index contributed by atoms with van der Waals surface area (Å²) in [5.74, 6) is 0.844. The molecule has 3 heteroatoms. The highest BCUT2D eigenvalue weighted by Crippen LogP contribution is 2.31. The summed E-state index contributed by atoms with van der Waals surface area (Å²) < 4.78 is 0. The SMILES string of the molecule is Clc1cccc(Nc2nc3ccccc3c3ccccc23)c1. The van der Waals surface area contributed by atoms with Crippen molar-refractivity contribution in [2.45, 2.75) is 0 Å². The highest BCUT2D eigenvalue weighted by molar-refractivity contribution is 6.30. The summed E-state index contributed by atoms with van der Waals surface area (Å²) in [6, 6.07) is 24.1. The van der Waals surface area contributed by atoms with Gasteiger partial charge in [-0.15, -0.1) is 0 Å². The molecule has 0 aliphatic rings. The molecule has 1 N–H and O–H groups in total. The number of benzene rings is 3. The van der Waals surface area contributed by atoms with Crippen LogP contribution in [0, 0.1) is 0 Å². The maximum Gasteiger partial charge on any atom is 0.138 e. The number of aromatic nitrogens is 1. The third kappa shape index (κ3) is 2.28. The molecule has 3 aromatic carbocycles. The lowest BCUT2D eigenvalue weighted by molar-refractivity contribution is 1.40. The summed E-state index contributed by atoms with van der Waals surface area (Å²) in [6.07, 6.45) is 0. The zero-order chi connectivity index (χ0) is 14.9. The van der Waals surface area contributed by atoms with Crippen molar-refractivity contribution in [1.82, 2.24) is 4.98 Å². The van der Waals surface area contributed by atoms with Gasteiger partial charge in [0.25, 0.3) is 0 Å². The van der Waals surface area contributed by atoms with Crippen LogP contribution in [0.15, 0.2) is 72.8 Å². The minimum atomic E-state index is 0.704. The van der Waals surface area contributed by atoms with Crippen molar-refractivity contribution in [1.29, 1.82) is 0 Å². The lowest BCUT2D eigenvalue weighted by Gasteiger charge is -2.11. The van der Waals surface area contributed by atoms with Crippen molar-refractivity contribution in [3.63, 3.8) is 0 Å². The van der Waals surface area contributed by atoms with Gasteiger partial charge in [0.1, 0.15) is 5.82 Å². The van der Waals surface area contributed by atoms with Crippen molar-refractivity contribution >= 4 is 44.8 Å². The molecule has 0 radical (unpaired) electrons. The highest BCUT2D eigenvalue weighted by atomic mass is 35.5. The standard InChI is InChI=1S/C19H13ClN2/c20-13-6-5-7-14(12-13)21-19-17-10-2-1-8-15(17)16-9-3-4-11-18(16)22-19/h1-12H,(H,21,22). The number of halogens is 1. The Hall–Kier alpha value is -2.58. The van der Waals surface area contributed by atoms with Gasteiger partial charge in [0.05, 0.1) is 5.52 Å². The van der Waals surface area contributed by atoms with E-state index >= 15 is 0 Å². The van der Waals surface area contributed by atoms with E-state index in [1.54, 1.807) is 0 Å². The number of para-hydroxylation sites is 1. The molecule has 0 saturated heterocycles. The van der Waals surface area contributed by atoms with Crippen LogP contribution in [0.4, 0.5) is 11.5 Å². The summed E-state index contributed by atoms with van der Waals surface area (Å²) in [6.45, 7) is 0. The Morgan fingerprint density at radius 3 is 2.27 bits per heavy atom. The van der Waals surface area contributed by atoms with E-state index in [9.17, 15) is 0 Å². The lowest BCUT2D eigenvalue weighted by Crippen LogP contribution is -1.96. The van der Waals surface area contributed by atoms with E-state index in [1.807, 2.05) is 48.5 Å². The van der Waals surface area contributed by atoms with Crippen molar-refractivity contribution in [3.8, 4) is 0 Å². The number of nitrogens with zero attached hydrogens (tertiary/aromatic N) is 1. The molecule has 106 valence electrons. The van der Waals surface area contributed by atoms with Crippen LogP contribution in [0.5, 0.6) is 0 Å². The third-order valence-electron chi connectivity index (χ3n) is 3.70. The van der Waals surface area contributed by atoms with E-state index in [4.69, 9.17) is 16.6 Å². The van der Waals surface area contributed by atoms with Crippen molar-refractivity contribution in [3.05, 3.63) is 77.8 Å². The van der Waals surface area contributed by atoms with Crippen LogP contribution in [0.2, 0.25) is 5.02 Å². The first-order chi connectivity index (χ1) is 10.8. The van der Waals surface area contributed by atoms with Gasteiger partial charge in [-0.2, -0.15) is 0 Å². The predicted molar refractivity (Wildman–Crippen MR) is 94.0 cm³/mol. The quantitative estimate of drug-likeness (QED) is 0.474. The molecule has 0 spiro atoms. The normalized spacial score (nSPS) is 11.0. The summed E-state index contributed by atoms with van der Waals surface area (Å²) >= 11 is 6.06. The number of rotatable bonds is 2. The van der Waals surface area contributed by atoms with E-state index in [0.29, 0.717) is 5.02 Å². The molecule has 0 unspecified atom stereocenters. The van der Waals surface area contributed by atoms with E-state index in [2.05, 4.69) is 29.6 Å². The molecule has 22 heavy (non-hydrogen) atoms. The van der Waals surface area contributed by atoms with Crippen LogP contribution in [-0.4, -0.2) is 4.98 Å². The molecule has 4 rings (SSSR count). The first kappa shape index (κ1) is 13.1. The number of pyridine rings is 1. The Kier molecular flexibility index (Phi) is 3.17. The van der Waals surface area contributed by atoms with Crippen LogP contribution in [0.25, 0.3) is 21.7 Å². The van der Waals surface area contributed by atoms with Crippen LogP contribution >= 0.6 is 11.6 Å². The highest BCUT2D eigenvalue weighted by Gasteiger charge is 2.08.